The number of para-hydroxylation sites is 2. The molecular weight excluding hydrogens is 284 g/mol. The summed E-state index contributed by atoms with van der Waals surface area (Å²) in [5.41, 5.74) is 0.609. The number of ether oxygens (including phenoxy) is 1. The first-order chi connectivity index (χ1) is 10.6. The molecule has 0 amide bonds. The number of hydrogen-bond acceptors (Lipinski definition) is 5. The zero-order valence-corrected chi connectivity index (χ0v) is 11.5. The Hall–Kier alpha value is -3.08. The first-order valence-electron chi connectivity index (χ1n) is 6.62. The van der Waals surface area contributed by atoms with E-state index in [1.165, 1.54) is 12.1 Å². The molecule has 3 aromatic rings. The summed E-state index contributed by atoms with van der Waals surface area (Å²) in [4.78, 5) is 23.8. The van der Waals surface area contributed by atoms with E-state index in [4.69, 9.17) is 9.15 Å². The smallest absolute Gasteiger partial charge is 0.342 e. The highest BCUT2D eigenvalue weighted by Crippen LogP contribution is 2.20. The largest absolute Gasteiger partial charge is 0.507 e. The third kappa shape index (κ3) is 2.69. The lowest BCUT2D eigenvalue weighted by Crippen LogP contribution is -2.13. The molecule has 0 aliphatic rings. The van der Waals surface area contributed by atoms with Crippen LogP contribution in [0.4, 0.5) is 0 Å². The van der Waals surface area contributed by atoms with E-state index in [1.807, 2.05) is 12.1 Å². The Balaban J connectivity index is 1.69. The number of ketones is 1. The number of esters is 1. The molecule has 22 heavy (non-hydrogen) atoms. The Morgan fingerprint density at radius 3 is 2.55 bits per heavy atom. The minimum Gasteiger partial charge on any atom is -0.507 e. The number of Topliss-reactive ketones (excluding diaryl/α,β-unsaturated/α-hetero) is 1. The van der Waals surface area contributed by atoms with E-state index in [-0.39, 0.29) is 17.1 Å². The third-order valence-electron chi connectivity index (χ3n) is 3.16. The highest BCUT2D eigenvalue weighted by Gasteiger charge is 2.17. The van der Waals surface area contributed by atoms with Crippen molar-refractivity contribution in [1.82, 2.24) is 0 Å². The van der Waals surface area contributed by atoms with Crippen LogP contribution in [-0.4, -0.2) is 23.5 Å². The number of phenols is 1. The standard InChI is InChI=1S/C17H12O5/c18-13-7-3-2-6-12(13)17(20)21-10-14(19)16-9-11-5-1-4-8-15(11)22-16/h1-9,18H,10H2. The maximum Gasteiger partial charge on any atom is 0.342 e. The van der Waals surface area contributed by atoms with Crippen LogP contribution in [0.5, 0.6) is 5.75 Å². The Kier molecular flexibility index (Phi) is 3.62. The second kappa shape index (κ2) is 5.73. The molecule has 0 radical (unpaired) electrons. The second-order valence-electron chi connectivity index (χ2n) is 4.66. The van der Waals surface area contributed by atoms with Crippen molar-refractivity contribution in [2.24, 2.45) is 0 Å². The Morgan fingerprint density at radius 1 is 1.05 bits per heavy atom. The van der Waals surface area contributed by atoms with Crippen LogP contribution in [0, 0.1) is 0 Å². The van der Waals surface area contributed by atoms with Gasteiger partial charge in [0.15, 0.2) is 12.4 Å². The molecule has 0 fully saturated rings. The van der Waals surface area contributed by atoms with Crippen LogP contribution < -0.4 is 0 Å². The Bertz CT molecular complexity index is 814. The lowest BCUT2D eigenvalue weighted by molar-refractivity contribution is 0.0465. The molecule has 5 nitrogen and oxygen atoms in total. The van der Waals surface area contributed by atoms with Gasteiger partial charge in [-0.05, 0) is 24.3 Å². The van der Waals surface area contributed by atoms with Crippen molar-refractivity contribution < 1.29 is 23.8 Å². The normalized spacial score (nSPS) is 10.5. The minimum atomic E-state index is -0.762. The van der Waals surface area contributed by atoms with Gasteiger partial charge in [-0.15, -0.1) is 0 Å². The molecular formula is C17H12O5. The lowest BCUT2D eigenvalue weighted by atomic mass is 10.2. The molecule has 0 atom stereocenters. The number of fused-ring (bicyclic) bond motifs is 1. The molecule has 0 spiro atoms. The van der Waals surface area contributed by atoms with Crippen molar-refractivity contribution >= 4 is 22.7 Å². The summed E-state index contributed by atoms with van der Waals surface area (Å²) in [6.07, 6.45) is 0. The fraction of sp³-hybridized carbons (Fsp3) is 0.0588. The summed E-state index contributed by atoms with van der Waals surface area (Å²) in [6, 6.07) is 14.8. The SMILES string of the molecule is O=C(COC(=O)c1ccccc1O)c1cc2ccccc2o1. The summed E-state index contributed by atoms with van der Waals surface area (Å²) in [5.74, 6) is -1.27. The molecule has 0 aliphatic heterocycles. The summed E-state index contributed by atoms with van der Waals surface area (Å²) in [6.45, 7) is -0.451. The van der Waals surface area contributed by atoms with Gasteiger partial charge in [-0.3, -0.25) is 4.79 Å². The highest BCUT2D eigenvalue weighted by atomic mass is 16.5. The van der Waals surface area contributed by atoms with Crippen LogP contribution in [0.15, 0.2) is 59.0 Å². The van der Waals surface area contributed by atoms with E-state index in [0.29, 0.717) is 5.58 Å². The van der Waals surface area contributed by atoms with Gasteiger partial charge in [0.2, 0.25) is 5.78 Å². The van der Waals surface area contributed by atoms with E-state index < -0.39 is 18.4 Å². The maximum absolute atomic E-state index is 12.0. The zero-order chi connectivity index (χ0) is 15.5. The van der Waals surface area contributed by atoms with Gasteiger partial charge in [-0.1, -0.05) is 30.3 Å². The van der Waals surface area contributed by atoms with Crippen molar-refractivity contribution in [2.75, 3.05) is 6.61 Å². The minimum absolute atomic E-state index is 0.0138. The zero-order valence-electron chi connectivity index (χ0n) is 11.5. The van der Waals surface area contributed by atoms with E-state index in [9.17, 15) is 14.7 Å². The average molecular weight is 296 g/mol. The molecule has 0 saturated heterocycles. The molecule has 0 saturated carbocycles. The number of hydrogen-bond donors (Lipinski definition) is 1. The molecule has 1 heterocycles. The number of aromatic hydroxyl groups is 1. The number of carbonyl (C=O) groups is 2. The molecule has 1 aromatic heterocycles. The summed E-state index contributed by atoms with van der Waals surface area (Å²) >= 11 is 0. The fourth-order valence-electron chi connectivity index (χ4n) is 2.05. The number of benzene rings is 2. The van der Waals surface area contributed by atoms with Crippen molar-refractivity contribution in [3.05, 3.63) is 65.9 Å². The fourth-order valence-corrected chi connectivity index (χ4v) is 2.05. The molecule has 0 bridgehead atoms. The first-order valence-corrected chi connectivity index (χ1v) is 6.62. The summed E-state index contributed by atoms with van der Waals surface area (Å²) in [5, 5.41) is 10.4. The van der Waals surface area contributed by atoms with Gasteiger partial charge in [-0.2, -0.15) is 0 Å². The van der Waals surface area contributed by atoms with Crippen LogP contribution in [-0.2, 0) is 4.74 Å². The van der Waals surface area contributed by atoms with Crippen LogP contribution >= 0.6 is 0 Å². The van der Waals surface area contributed by atoms with E-state index in [1.54, 1.807) is 30.3 Å². The highest BCUT2D eigenvalue weighted by molar-refractivity contribution is 6.00. The topological polar surface area (TPSA) is 76.7 Å². The monoisotopic (exact) mass is 296 g/mol. The number of carbonyl (C=O) groups excluding carboxylic acids is 2. The van der Waals surface area contributed by atoms with E-state index in [2.05, 4.69) is 0 Å². The molecule has 2 aromatic carbocycles. The molecule has 0 aliphatic carbocycles. The van der Waals surface area contributed by atoms with Crippen molar-refractivity contribution in [3.8, 4) is 5.75 Å². The molecule has 1 N–H and O–H groups in total. The molecule has 0 unspecified atom stereocenters. The number of furan rings is 1. The van der Waals surface area contributed by atoms with E-state index >= 15 is 0 Å². The lowest BCUT2D eigenvalue weighted by Gasteiger charge is -2.04. The van der Waals surface area contributed by atoms with Crippen LogP contribution in [0.3, 0.4) is 0 Å². The first kappa shape index (κ1) is 13.9. The van der Waals surface area contributed by atoms with Crippen LogP contribution in [0.1, 0.15) is 20.9 Å². The van der Waals surface area contributed by atoms with Gasteiger partial charge in [0, 0.05) is 5.39 Å². The summed E-state index contributed by atoms with van der Waals surface area (Å²) in [7, 11) is 0. The Morgan fingerprint density at radius 2 is 1.77 bits per heavy atom. The number of phenolic OH excluding ortho intramolecular Hbond substituents is 1. The van der Waals surface area contributed by atoms with Crippen molar-refractivity contribution in [2.45, 2.75) is 0 Å². The van der Waals surface area contributed by atoms with Gasteiger partial charge in [-0.25, -0.2) is 4.79 Å². The predicted molar refractivity (Wildman–Crippen MR) is 78.9 cm³/mol. The van der Waals surface area contributed by atoms with Crippen molar-refractivity contribution in [1.29, 1.82) is 0 Å². The van der Waals surface area contributed by atoms with Gasteiger partial charge in [0.05, 0.1) is 0 Å². The van der Waals surface area contributed by atoms with Gasteiger partial charge >= 0.3 is 5.97 Å². The van der Waals surface area contributed by atoms with Gasteiger partial charge in [0.25, 0.3) is 0 Å². The van der Waals surface area contributed by atoms with Gasteiger partial charge < -0.3 is 14.3 Å². The van der Waals surface area contributed by atoms with Gasteiger partial charge in [0.1, 0.15) is 16.9 Å². The predicted octanol–water partition coefficient (Wildman–Crippen LogP) is 3.18. The molecule has 110 valence electrons. The Labute approximate surface area is 125 Å². The second-order valence-corrected chi connectivity index (χ2v) is 4.66. The van der Waals surface area contributed by atoms with Crippen LogP contribution in [0.25, 0.3) is 11.0 Å². The third-order valence-corrected chi connectivity index (χ3v) is 3.16. The average Bonchev–Trinajstić information content (AvgIpc) is 2.97. The number of rotatable bonds is 4. The van der Waals surface area contributed by atoms with Crippen LogP contribution in [0.2, 0.25) is 0 Å². The molecule has 5 heteroatoms. The maximum atomic E-state index is 12.0. The van der Waals surface area contributed by atoms with E-state index in [0.717, 1.165) is 5.39 Å². The quantitative estimate of drug-likeness (QED) is 0.591. The molecule has 3 rings (SSSR count). The summed E-state index contributed by atoms with van der Waals surface area (Å²) < 4.78 is 10.3. The van der Waals surface area contributed by atoms with Crippen molar-refractivity contribution in [3.63, 3.8) is 0 Å².